The normalized spacial score (nSPS) is 23.3. The number of hydrogen-bond donors (Lipinski definition) is 0. The number of carbonyl (C=O) groups is 1. The number of amides is 1. The molecule has 0 radical (unpaired) electrons. The van der Waals surface area contributed by atoms with E-state index in [1.807, 2.05) is 50.1 Å². The second-order valence-electron chi connectivity index (χ2n) is 10.2. The van der Waals surface area contributed by atoms with Crippen LogP contribution in [0.3, 0.4) is 0 Å². The van der Waals surface area contributed by atoms with Gasteiger partial charge in [0.15, 0.2) is 0 Å². The molecule has 1 aromatic heterocycles. The van der Waals surface area contributed by atoms with Gasteiger partial charge in [0.2, 0.25) is 0 Å². The zero-order valence-corrected chi connectivity index (χ0v) is 20.5. The van der Waals surface area contributed by atoms with Gasteiger partial charge in [0.25, 0.3) is 0 Å². The molecule has 168 valence electrons. The second-order valence-corrected chi connectivity index (χ2v) is 11.1. The first-order valence-corrected chi connectivity index (χ1v) is 12.2. The second kappa shape index (κ2) is 7.35. The molecule has 3 heterocycles. The number of aromatic nitrogens is 2. The van der Waals surface area contributed by atoms with Crippen LogP contribution in [-0.4, -0.2) is 44.4 Å². The van der Waals surface area contributed by atoms with Crippen molar-refractivity contribution in [3.63, 3.8) is 0 Å². The van der Waals surface area contributed by atoms with Gasteiger partial charge in [0.1, 0.15) is 5.60 Å². The van der Waals surface area contributed by atoms with Crippen LogP contribution < -0.4 is 0 Å². The molecule has 1 amide bonds. The first-order valence-electron chi connectivity index (χ1n) is 11.4. The molecule has 6 rings (SSSR count). The number of carbonyl (C=O) groups excluding carboxylic acids is 1. The summed E-state index contributed by atoms with van der Waals surface area (Å²) in [4.78, 5) is 29.2. The zero-order chi connectivity index (χ0) is 22.9. The summed E-state index contributed by atoms with van der Waals surface area (Å²) < 4.78 is 6.71. The Morgan fingerprint density at radius 3 is 2.79 bits per heavy atom. The van der Waals surface area contributed by atoms with E-state index >= 15 is 0 Å². The first-order chi connectivity index (χ1) is 15.7. The molecule has 1 saturated carbocycles. The minimum absolute atomic E-state index is 0.0263. The quantitative estimate of drug-likeness (QED) is 0.423. The van der Waals surface area contributed by atoms with Crippen molar-refractivity contribution in [2.24, 2.45) is 10.9 Å². The van der Waals surface area contributed by atoms with Gasteiger partial charge in [-0.2, -0.15) is 0 Å². The van der Waals surface area contributed by atoms with Gasteiger partial charge < -0.3 is 4.74 Å². The molecule has 2 aromatic carbocycles. The van der Waals surface area contributed by atoms with Gasteiger partial charge in [0.05, 0.1) is 34.7 Å². The summed E-state index contributed by atoms with van der Waals surface area (Å²) in [5.41, 5.74) is 6.32. The van der Waals surface area contributed by atoms with Crippen molar-refractivity contribution in [1.82, 2.24) is 14.9 Å². The number of benzene rings is 2. The van der Waals surface area contributed by atoms with Gasteiger partial charge in [-0.15, -0.1) is 0 Å². The van der Waals surface area contributed by atoms with Crippen molar-refractivity contribution in [1.29, 1.82) is 0 Å². The summed E-state index contributed by atoms with van der Waals surface area (Å²) in [7, 11) is 0. The topological polar surface area (TPSA) is 67.7 Å². The van der Waals surface area contributed by atoms with Gasteiger partial charge >= 0.3 is 6.09 Å². The Morgan fingerprint density at radius 1 is 1.12 bits per heavy atom. The van der Waals surface area contributed by atoms with E-state index < -0.39 is 5.60 Å². The summed E-state index contributed by atoms with van der Waals surface area (Å²) in [6.45, 7) is 5.75. The minimum atomic E-state index is -0.499. The highest BCUT2D eigenvalue weighted by atomic mass is 79.9. The highest BCUT2D eigenvalue weighted by Crippen LogP contribution is 2.50. The van der Waals surface area contributed by atoms with E-state index in [0.717, 1.165) is 57.4 Å². The van der Waals surface area contributed by atoms with Gasteiger partial charge in [-0.05, 0) is 75.4 Å². The van der Waals surface area contributed by atoms with Crippen LogP contribution in [0.25, 0.3) is 22.3 Å². The Morgan fingerprint density at radius 2 is 1.97 bits per heavy atom. The molecule has 2 aliphatic heterocycles. The van der Waals surface area contributed by atoms with Gasteiger partial charge in [-0.3, -0.25) is 14.9 Å². The molecule has 7 heteroatoms. The number of fused-ring (bicyclic) bond motifs is 3. The monoisotopic (exact) mass is 504 g/mol. The number of likely N-dealkylation sites (tertiary alicyclic amines) is 1. The molecule has 0 unspecified atom stereocenters. The molecule has 33 heavy (non-hydrogen) atoms. The highest BCUT2D eigenvalue weighted by Gasteiger charge is 2.56. The zero-order valence-electron chi connectivity index (χ0n) is 18.9. The first kappa shape index (κ1) is 20.8. The van der Waals surface area contributed by atoms with E-state index in [4.69, 9.17) is 14.7 Å². The van der Waals surface area contributed by atoms with Crippen molar-refractivity contribution < 1.29 is 9.53 Å². The smallest absolute Gasteiger partial charge is 0.411 e. The van der Waals surface area contributed by atoms with Crippen LogP contribution >= 0.6 is 15.9 Å². The molecule has 0 bridgehead atoms. The van der Waals surface area contributed by atoms with Crippen LogP contribution in [-0.2, 0) is 11.2 Å². The van der Waals surface area contributed by atoms with E-state index in [2.05, 4.69) is 39.1 Å². The van der Waals surface area contributed by atoms with Crippen LogP contribution in [0.15, 0.2) is 52.1 Å². The van der Waals surface area contributed by atoms with Gasteiger partial charge in [-0.25, -0.2) is 9.78 Å². The Labute approximate surface area is 201 Å². The Bertz CT molecular complexity index is 1330. The third kappa shape index (κ3) is 3.82. The molecule has 1 aliphatic carbocycles. The van der Waals surface area contributed by atoms with Gasteiger partial charge in [-0.1, -0.05) is 22.0 Å². The SMILES string of the molecule is CC(C)(C)OC(=O)N1[C@@H]2C[C@@H]2C[C@H]1C1=Nc2ccc(-c3cnc4cc(Br)ccc4n3)cc2C1. The molecular weight excluding hydrogens is 480 g/mol. The minimum Gasteiger partial charge on any atom is -0.444 e. The largest absolute Gasteiger partial charge is 0.444 e. The lowest BCUT2D eigenvalue weighted by Crippen LogP contribution is -2.45. The van der Waals surface area contributed by atoms with Crippen LogP contribution in [0.2, 0.25) is 0 Å². The lowest BCUT2D eigenvalue weighted by atomic mass is 10.00. The van der Waals surface area contributed by atoms with Crippen LogP contribution in [0, 0.1) is 5.92 Å². The molecule has 1 saturated heterocycles. The summed E-state index contributed by atoms with van der Waals surface area (Å²) in [5.74, 6) is 0.581. The van der Waals surface area contributed by atoms with Gasteiger partial charge in [0, 0.05) is 28.2 Å². The number of rotatable bonds is 2. The van der Waals surface area contributed by atoms with Crippen LogP contribution in [0.4, 0.5) is 10.5 Å². The Balaban J connectivity index is 1.25. The summed E-state index contributed by atoms with van der Waals surface area (Å²) in [6.07, 6.45) is 4.42. The van der Waals surface area contributed by atoms with E-state index in [1.165, 1.54) is 5.56 Å². The standard InChI is InChI=1S/C26H25BrN4O2/c1-26(2,3)33-25(32)31-23-10-16(23)11-24(31)21-9-15-8-14(4-6-18(15)29-21)22-13-28-20-12-17(27)5-7-19(20)30-22/h4-8,12-13,16,23-24H,9-11H2,1-3H3/t16-,23-,24+/m1/s1. The van der Waals surface area contributed by atoms with E-state index in [9.17, 15) is 4.79 Å². The molecule has 6 nitrogen and oxygen atoms in total. The van der Waals surface area contributed by atoms with Crippen molar-refractivity contribution >= 4 is 44.5 Å². The average molecular weight is 505 g/mol. The lowest BCUT2D eigenvalue weighted by Gasteiger charge is -2.30. The summed E-state index contributed by atoms with van der Waals surface area (Å²) >= 11 is 3.48. The summed E-state index contributed by atoms with van der Waals surface area (Å²) in [5, 5.41) is 0. The number of nitrogens with zero attached hydrogens (tertiary/aromatic N) is 4. The van der Waals surface area contributed by atoms with Crippen molar-refractivity contribution in [3.05, 3.63) is 52.6 Å². The number of ether oxygens (including phenoxy) is 1. The Hall–Kier alpha value is -2.80. The fraction of sp³-hybridized carbons (Fsp3) is 0.385. The van der Waals surface area contributed by atoms with Crippen molar-refractivity contribution in [2.45, 2.75) is 57.7 Å². The predicted molar refractivity (Wildman–Crippen MR) is 132 cm³/mol. The lowest BCUT2D eigenvalue weighted by molar-refractivity contribution is 0.0230. The number of piperidine rings is 1. The maximum Gasteiger partial charge on any atom is 0.411 e. The third-order valence-electron chi connectivity index (χ3n) is 6.61. The Kier molecular flexibility index (Phi) is 4.63. The molecule has 3 atom stereocenters. The predicted octanol–water partition coefficient (Wildman–Crippen LogP) is 6.09. The van der Waals surface area contributed by atoms with Crippen LogP contribution in [0.1, 0.15) is 39.2 Å². The number of halogens is 1. The van der Waals surface area contributed by atoms with Crippen LogP contribution in [0.5, 0.6) is 0 Å². The fourth-order valence-electron chi connectivity index (χ4n) is 5.03. The molecule has 0 spiro atoms. The van der Waals surface area contributed by atoms with Crippen molar-refractivity contribution in [3.8, 4) is 11.3 Å². The van der Waals surface area contributed by atoms with Crippen molar-refractivity contribution in [2.75, 3.05) is 0 Å². The molecular formula is C26H25BrN4O2. The average Bonchev–Trinajstić information content (AvgIpc) is 3.22. The summed E-state index contributed by atoms with van der Waals surface area (Å²) in [6, 6.07) is 12.5. The number of hydrogen-bond acceptors (Lipinski definition) is 5. The van der Waals surface area contributed by atoms with E-state index in [0.29, 0.717) is 12.0 Å². The molecule has 3 aromatic rings. The van der Waals surface area contributed by atoms with E-state index in [-0.39, 0.29) is 12.1 Å². The third-order valence-corrected chi connectivity index (χ3v) is 7.10. The fourth-order valence-corrected chi connectivity index (χ4v) is 5.38. The molecule has 2 fully saturated rings. The maximum atomic E-state index is 12.9. The highest BCUT2D eigenvalue weighted by molar-refractivity contribution is 9.10. The van der Waals surface area contributed by atoms with E-state index in [1.54, 1.807) is 0 Å². The maximum absolute atomic E-state index is 12.9. The molecule has 3 aliphatic rings. The molecule has 0 N–H and O–H groups in total. The number of aliphatic imine (C=N–C) groups is 1.